The second-order valence-electron chi connectivity index (χ2n) is 7.13. The molecule has 0 N–H and O–H groups in total. The summed E-state index contributed by atoms with van der Waals surface area (Å²) in [4.78, 5) is 18.7. The van der Waals surface area contributed by atoms with Crippen molar-refractivity contribution >= 4 is 17.7 Å². The molecule has 0 fully saturated rings. The third-order valence-electron chi connectivity index (χ3n) is 4.29. The van der Waals surface area contributed by atoms with Gasteiger partial charge in [-0.2, -0.15) is 8.78 Å². The Balaban J connectivity index is 1.93. The number of imidazole rings is 1. The Morgan fingerprint density at radius 1 is 1.25 bits per heavy atom. The van der Waals surface area contributed by atoms with Gasteiger partial charge in [0.25, 0.3) is 0 Å². The normalized spacial score (nSPS) is 11.3. The van der Waals surface area contributed by atoms with Gasteiger partial charge in [0.1, 0.15) is 5.75 Å². The van der Waals surface area contributed by atoms with Gasteiger partial charge in [-0.3, -0.25) is 4.79 Å². The van der Waals surface area contributed by atoms with E-state index in [1.165, 1.54) is 23.9 Å². The molecule has 1 aromatic carbocycles. The highest BCUT2D eigenvalue weighted by molar-refractivity contribution is 7.99. The van der Waals surface area contributed by atoms with E-state index in [1.54, 1.807) is 24.1 Å². The summed E-state index contributed by atoms with van der Waals surface area (Å²) in [5.41, 5.74) is 2.95. The third kappa shape index (κ3) is 6.22. The van der Waals surface area contributed by atoms with E-state index in [9.17, 15) is 13.6 Å². The van der Waals surface area contributed by atoms with Crippen LogP contribution in [-0.2, 0) is 17.9 Å². The largest absolute Gasteiger partial charge is 0.435 e. The van der Waals surface area contributed by atoms with Gasteiger partial charge < -0.3 is 14.2 Å². The Hall–Kier alpha value is -2.09. The molecule has 0 spiro atoms. The second kappa shape index (κ2) is 9.91. The van der Waals surface area contributed by atoms with Crippen molar-refractivity contribution in [2.75, 3.05) is 12.8 Å². The zero-order valence-electron chi connectivity index (χ0n) is 16.9. The number of carbonyl (C=O) groups excluding carboxylic acids is 1. The topological polar surface area (TPSA) is 47.4 Å². The van der Waals surface area contributed by atoms with Crippen LogP contribution in [0.5, 0.6) is 5.75 Å². The number of alkyl halides is 2. The molecule has 0 atom stereocenters. The summed E-state index contributed by atoms with van der Waals surface area (Å²) in [6, 6.07) is 6.30. The van der Waals surface area contributed by atoms with Gasteiger partial charge in [0.05, 0.1) is 11.4 Å². The number of amides is 1. The molecule has 0 bridgehead atoms. The zero-order valence-corrected chi connectivity index (χ0v) is 17.7. The lowest BCUT2D eigenvalue weighted by Crippen LogP contribution is -2.28. The van der Waals surface area contributed by atoms with Crippen molar-refractivity contribution in [3.63, 3.8) is 0 Å². The average molecular weight is 412 g/mol. The molecule has 1 amide bonds. The number of benzene rings is 1. The number of nitrogens with zero attached hydrogens (tertiary/aromatic N) is 3. The minimum Gasteiger partial charge on any atom is -0.435 e. The van der Waals surface area contributed by atoms with Crippen molar-refractivity contribution < 1.29 is 18.3 Å². The molecule has 2 rings (SSSR count). The number of rotatable bonds is 9. The van der Waals surface area contributed by atoms with Crippen molar-refractivity contribution in [2.24, 2.45) is 5.92 Å². The van der Waals surface area contributed by atoms with Crippen LogP contribution >= 0.6 is 11.8 Å². The molecule has 2 aromatic rings. The molecular weight excluding hydrogens is 384 g/mol. The van der Waals surface area contributed by atoms with E-state index in [0.717, 1.165) is 28.7 Å². The number of hydrogen-bond acceptors (Lipinski definition) is 4. The fourth-order valence-electron chi connectivity index (χ4n) is 2.69. The first-order valence-corrected chi connectivity index (χ1v) is 10.1. The Labute approximate surface area is 169 Å². The smallest absolute Gasteiger partial charge is 0.387 e. The number of thioether (sulfide) groups is 1. The van der Waals surface area contributed by atoms with E-state index in [-0.39, 0.29) is 17.4 Å². The van der Waals surface area contributed by atoms with Gasteiger partial charge >= 0.3 is 6.61 Å². The molecule has 28 heavy (non-hydrogen) atoms. The molecule has 0 radical (unpaired) electrons. The summed E-state index contributed by atoms with van der Waals surface area (Å²) in [5.74, 6) is 0.859. The summed E-state index contributed by atoms with van der Waals surface area (Å²) in [6.07, 6.45) is 0. The van der Waals surface area contributed by atoms with E-state index >= 15 is 0 Å². The van der Waals surface area contributed by atoms with Crippen molar-refractivity contribution in [1.29, 1.82) is 0 Å². The molecule has 0 aliphatic rings. The monoisotopic (exact) mass is 411 g/mol. The number of halogens is 2. The Kier molecular flexibility index (Phi) is 7.86. The number of hydrogen-bond donors (Lipinski definition) is 0. The van der Waals surface area contributed by atoms with Gasteiger partial charge in [0.2, 0.25) is 5.91 Å². The van der Waals surface area contributed by atoms with Crippen molar-refractivity contribution in [1.82, 2.24) is 14.5 Å². The van der Waals surface area contributed by atoms with Gasteiger partial charge in [-0.15, -0.1) is 0 Å². The van der Waals surface area contributed by atoms with Crippen LogP contribution in [0.15, 0.2) is 29.4 Å². The molecular formula is C20H27F2N3O2S. The Morgan fingerprint density at radius 3 is 2.46 bits per heavy atom. The minimum absolute atomic E-state index is 0.0210. The lowest BCUT2D eigenvalue weighted by atomic mass is 10.2. The summed E-state index contributed by atoms with van der Waals surface area (Å²) in [6.45, 7) is 6.75. The van der Waals surface area contributed by atoms with E-state index in [0.29, 0.717) is 12.5 Å². The molecule has 0 unspecified atom stereocenters. The first-order chi connectivity index (χ1) is 13.2. The van der Waals surface area contributed by atoms with Crippen LogP contribution in [0.4, 0.5) is 8.78 Å². The highest BCUT2D eigenvalue weighted by Gasteiger charge is 2.16. The molecule has 8 heteroatoms. The lowest BCUT2D eigenvalue weighted by molar-refractivity contribution is -0.127. The second-order valence-corrected chi connectivity index (χ2v) is 8.07. The van der Waals surface area contributed by atoms with Crippen molar-refractivity contribution in [3.8, 4) is 5.75 Å². The zero-order chi connectivity index (χ0) is 20.8. The van der Waals surface area contributed by atoms with Crippen LogP contribution < -0.4 is 4.74 Å². The van der Waals surface area contributed by atoms with Crippen LogP contribution in [-0.4, -0.2) is 39.8 Å². The predicted octanol–water partition coefficient (Wildman–Crippen LogP) is 4.51. The number of carbonyl (C=O) groups is 1. The van der Waals surface area contributed by atoms with Gasteiger partial charge in [-0.05, 0) is 37.5 Å². The maximum Gasteiger partial charge on any atom is 0.387 e. The number of aromatic nitrogens is 2. The molecule has 0 aliphatic carbocycles. The molecule has 1 heterocycles. The van der Waals surface area contributed by atoms with E-state index in [4.69, 9.17) is 0 Å². The highest BCUT2D eigenvalue weighted by Crippen LogP contribution is 2.23. The quantitative estimate of drug-likeness (QED) is 0.570. The van der Waals surface area contributed by atoms with Crippen LogP contribution in [0.3, 0.4) is 0 Å². The summed E-state index contributed by atoms with van der Waals surface area (Å²) < 4.78 is 30.9. The lowest BCUT2D eigenvalue weighted by Gasteiger charge is -2.18. The molecule has 0 aliphatic heterocycles. The first kappa shape index (κ1) is 22.2. The molecule has 154 valence electrons. The van der Waals surface area contributed by atoms with Gasteiger partial charge in [0, 0.05) is 25.8 Å². The minimum atomic E-state index is -2.84. The van der Waals surface area contributed by atoms with E-state index in [1.807, 2.05) is 13.8 Å². The molecule has 0 saturated carbocycles. The molecule has 5 nitrogen and oxygen atoms in total. The van der Waals surface area contributed by atoms with Crippen LogP contribution in [0.25, 0.3) is 0 Å². The van der Waals surface area contributed by atoms with Crippen LogP contribution in [0.1, 0.15) is 30.8 Å². The van der Waals surface area contributed by atoms with Crippen molar-refractivity contribution in [3.05, 3.63) is 41.2 Å². The maximum absolute atomic E-state index is 12.5. The van der Waals surface area contributed by atoms with E-state index < -0.39 is 6.61 Å². The SMILES string of the molecule is Cc1nc(SCC(=O)N(C)Cc2ccc(OC(F)F)cc2)n(CC(C)C)c1C. The number of ether oxygens (including phenoxy) is 1. The summed E-state index contributed by atoms with van der Waals surface area (Å²) in [7, 11) is 1.73. The Bertz CT molecular complexity index is 791. The van der Waals surface area contributed by atoms with Crippen LogP contribution in [0, 0.1) is 19.8 Å². The van der Waals surface area contributed by atoms with E-state index in [2.05, 4.69) is 28.1 Å². The Morgan fingerprint density at radius 2 is 1.89 bits per heavy atom. The van der Waals surface area contributed by atoms with Gasteiger partial charge in [0.15, 0.2) is 5.16 Å². The number of aryl methyl sites for hydroxylation is 1. The maximum atomic E-state index is 12.5. The predicted molar refractivity (Wildman–Crippen MR) is 107 cm³/mol. The molecule has 0 saturated heterocycles. The summed E-state index contributed by atoms with van der Waals surface area (Å²) in [5, 5.41) is 0.860. The van der Waals surface area contributed by atoms with Gasteiger partial charge in [-0.25, -0.2) is 4.98 Å². The standard InChI is InChI=1S/C20H27F2N3O2S/c1-13(2)10-25-15(4)14(3)23-20(25)28-12-18(26)24(5)11-16-6-8-17(9-7-16)27-19(21)22/h6-9,13,19H,10-12H2,1-5H3. The van der Waals surface area contributed by atoms with Crippen molar-refractivity contribution in [2.45, 2.75) is 52.6 Å². The fourth-order valence-corrected chi connectivity index (χ4v) is 3.73. The first-order valence-electron chi connectivity index (χ1n) is 9.11. The third-order valence-corrected chi connectivity index (χ3v) is 5.25. The highest BCUT2D eigenvalue weighted by atomic mass is 32.2. The average Bonchev–Trinajstić information content (AvgIpc) is 2.88. The summed E-state index contributed by atoms with van der Waals surface area (Å²) >= 11 is 1.44. The van der Waals surface area contributed by atoms with Crippen LogP contribution in [0.2, 0.25) is 0 Å². The van der Waals surface area contributed by atoms with Gasteiger partial charge in [-0.1, -0.05) is 37.7 Å². The molecule has 1 aromatic heterocycles. The fraction of sp³-hybridized carbons (Fsp3) is 0.500.